The first-order valence-electron chi connectivity index (χ1n) is 6.50. The Kier molecular flexibility index (Phi) is 5.03. The number of aliphatic hydroxyl groups is 1. The van der Waals surface area contributed by atoms with Gasteiger partial charge in [-0.15, -0.1) is 0 Å². The molecule has 3 N–H and O–H groups in total. The van der Waals surface area contributed by atoms with E-state index < -0.39 is 6.10 Å². The van der Waals surface area contributed by atoms with Crippen LogP contribution >= 0.6 is 0 Å². The number of aliphatic hydroxyl groups excluding tert-OH is 1. The van der Waals surface area contributed by atoms with Gasteiger partial charge in [0.15, 0.2) is 0 Å². The van der Waals surface area contributed by atoms with Crippen molar-refractivity contribution in [2.75, 3.05) is 25.9 Å². The Morgan fingerprint density at radius 3 is 2.85 bits per heavy atom. The minimum Gasteiger partial charge on any atom is -0.489 e. The van der Waals surface area contributed by atoms with Gasteiger partial charge in [0.05, 0.1) is 18.2 Å². The highest BCUT2D eigenvalue weighted by Gasteiger charge is 2.11. The molecule has 0 aliphatic rings. The van der Waals surface area contributed by atoms with Gasteiger partial charge in [-0.3, -0.25) is 4.90 Å². The number of nitrogens with zero attached hydrogens (tertiary/aromatic N) is 1. The average molecular weight is 276 g/mol. The van der Waals surface area contributed by atoms with E-state index in [0.29, 0.717) is 18.0 Å². The van der Waals surface area contributed by atoms with E-state index in [4.69, 9.17) is 14.9 Å². The predicted molar refractivity (Wildman–Crippen MR) is 77.4 cm³/mol. The quantitative estimate of drug-likeness (QED) is 0.754. The molecular formula is C15H20N2O3. The summed E-state index contributed by atoms with van der Waals surface area (Å²) in [6, 6.07) is 9.16. The van der Waals surface area contributed by atoms with E-state index in [1.807, 2.05) is 30.1 Å². The van der Waals surface area contributed by atoms with Crippen molar-refractivity contribution in [2.45, 2.75) is 12.6 Å². The van der Waals surface area contributed by atoms with Crippen LogP contribution in [0.2, 0.25) is 0 Å². The van der Waals surface area contributed by atoms with Crippen molar-refractivity contribution in [3.05, 3.63) is 48.4 Å². The van der Waals surface area contributed by atoms with Gasteiger partial charge in [0.1, 0.15) is 18.5 Å². The van der Waals surface area contributed by atoms with E-state index >= 15 is 0 Å². The van der Waals surface area contributed by atoms with E-state index in [0.717, 1.165) is 12.1 Å². The molecule has 1 aromatic carbocycles. The maximum absolute atomic E-state index is 9.97. The Balaban J connectivity index is 1.75. The van der Waals surface area contributed by atoms with Gasteiger partial charge in [-0.2, -0.15) is 0 Å². The van der Waals surface area contributed by atoms with Gasteiger partial charge in [-0.05, 0) is 25.2 Å². The Bertz CT molecular complexity index is 514. The molecule has 1 atom stereocenters. The Hall–Kier alpha value is -1.98. The van der Waals surface area contributed by atoms with Gasteiger partial charge < -0.3 is 20.0 Å². The maximum Gasteiger partial charge on any atom is 0.142 e. The van der Waals surface area contributed by atoms with Crippen molar-refractivity contribution in [2.24, 2.45) is 0 Å². The lowest BCUT2D eigenvalue weighted by molar-refractivity contribution is 0.0746. The molecule has 0 bridgehead atoms. The van der Waals surface area contributed by atoms with Crippen LogP contribution in [0.1, 0.15) is 5.56 Å². The van der Waals surface area contributed by atoms with E-state index in [-0.39, 0.29) is 6.61 Å². The molecule has 1 unspecified atom stereocenters. The number of benzene rings is 1. The molecule has 5 heteroatoms. The Labute approximate surface area is 118 Å². The fourth-order valence-electron chi connectivity index (χ4n) is 1.97. The zero-order valence-electron chi connectivity index (χ0n) is 11.5. The van der Waals surface area contributed by atoms with Crippen LogP contribution in [-0.4, -0.2) is 36.3 Å². The molecule has 2 rings (SSSR count). The number of anilines is 1. The van der Waals surface area contributed by atoms with Gasteiger partial charge in [0.25, 0.3) is 0 Å². The van der Waals surface area contributed by atoms with E-state index in [2.05, 4.69) is 0 Å². The summed E-state index contributed by atoms with van der Waals surface area (Å²) in [5.41, 5.74) is 7.42. The highest BCUT2D eigenvalue weighted by Crippen LogP contribution is 2.19. The van der Waals surface area contributed by atoms with E-state index in [1.165, 1.54) is 0 Å². The first-order valence-corrected chi connectivity index (χ1v) is 6.50. The lowest BCUT2D eigenvalue weighted by Gasteiger charge is -2.20. The number of nitrogens with two attached hydrogens (primary N) is 1. The SMILES string of the molecule is CN(Cc1ccoc1)CC(O)COc1ccccc1N. The fourth-order valence-corrected chi connectivity index (χ4v) is 1.97. The molecule has 0 fully saturated rings. The number of furan rings is 1. The molecule has 1 heterocycles. The van der Waals surface area contributed by atoms with Crippen LogP contribution in [0.5, 0.6) is 5.75 Å². The number of nitrogen functional groups attached to an aromatic ring is 1. The lowest BCUT2D eigenvalue weighted by Crippen LogP contribution is -2.32. The Morgan fingerprint density at radius 1 is 1.35 bits per heavy atom. The zero-order valence-corrected chi connectivity index (χ0v) is 11.5. The molecule has 0 saturated heterocycles. The van der Waals surface area contributed by atoms with Crippen LogP contribution in [0.4, 0.5) is 5.69 Å². The highest BCUT2D eigenvalue weighted by atomic mass is 16.5. The summed E-state index contributed by atoms with van der Waals surface area (Å²) < 4.78 is 10.5. The number of rotatable bonds is 7. The molecule has 0 aliphatic heterocycles. The fraction of sp³-hybridized carbons (Fsp3) is 0.333. The molecule has 0 saturated carbocycles. The molecule has 0 radical (unpaired) electrons. The van der Waals surface area contributed by atoms with Gasteiger partial charge >= 0.3 is 0 Å². The van der Waals surface area contributed by atoms with Crippen molar-refractivity contribution in [3.8, 4) is 5.75 Å². The second-order valence-corrected chi connectivity index (χ2v) is 4.83. The number of para-hydroxylation sites is 2. The topological polar surface area (TPSA) is 71.9 Å². The number of ether oxygens (including phenoxy) is 1. The van der Waals surface area contributed by atoms with Gasteiger partial charge in [0.2, 0.25) is 0 Å². The van der Waals surface area contributed by atoms with Crippen LogP contribution in [0, 0.1) is 0 Å². The lowest BCUT2D eigenvalue weighted by atomic mass is 10.3. The molecule has 0 amide bonds. The second-order valence-electron chi connectivity index (χ2n) is 4.83. The summed E-state index contributed by atoms with van der Waals surface area (Å²) in [7, 11) is 1.94. The number of likely N-dealkylation sites (N-methyl/N-ethyl adjacent to an activating group) is 1. The van der Waals surface area contributed by atoms with Crippen molar-refractivity contribution in [1.82, 2.24) is 4.90 Å². The molecule has 108 valence electrons. The van der Waals surface area contributed by atoms with Crippen molar-refractivity contribution in [1.29, 1.82) is 0 Å². The Morgan fingerprint density at radius 2 is 2.15 bits per heavy atom. The molecule has 5 nitrogen and oxygen atoms in total. The highest BCUT2D eigenvalue weighted by molar-refractivity contribution is 5.51. The largest absolute Gasteiger partial charge is 0.489 e. The third-order valence-electron chi connectivity index (χ3n) is 2.91. The van der Waals surface area contributed by atoms with Crippen molar-refractivity contribution < 1.29 is 14.3 Å². The summed E-state index contributed by atoms with van der Waals surface area (Å²) in [5, 5.41) is 9.97. The van der Waals surface area contributed by atoms with Gasteiger partial charge in [-0.25, -0.2) is 0 Å². The normalized spacial score (nSPS) is 12.6. The molecule has 0 aliphatic carbocycles. The summed E-state index contributed by atoms with van der Waals surface area (Å²) >= 11 is 0. The van der Waals surface area contributed by atoms with Crippen LogP contribution in [-0.2, 0) is 6.54 Å². The summed E-state index contributed by atoms with van der Waals surface area (Å²) in [6.45, 7) is 1.45. The number of hydrogen-bond acceptors (Lipinski definition) is 5. The summed E-state index contributed by atoms with van der Waals surface area (Å²) in [4.78, 5) is 2.01. The summed E-state index contributed by atoms with van der Waals surface area (Å²) in [5.74, 6) is 0.601. The monoisotopic (exact) mass is 276 g/mol. The van der Waals surface area contributed by atoms with E-state index in [1.54, 1.807) is 24.7 Å². The first-order chi connectivity index (χ1) is 9.65. The molecular weight excluding hydrogens is 256 g/mol. The third kappa shape index (κ3) is 4.29. The van der Waals surface area contributed by atoms with Crippen molar-refractivity contribution >= 4 is 5.69 Å². The predicted octanol–water partition coefficient (Wildman–Crippen LogP) is 1.73. The first kappa shape index (κ1) is 14.4. The molecule has 20 heavy (non-hydrogen) atoms. The smallest absolute Gasteiger partial charge is 0.142 e. The van der Waals surface area contributed by atoms with Gasteiger partial charge in [0, 0.05) is 18.7 Å². The molecule has 2 aromatic rings. The average Bonchev–Trinajstić information content (AvgIpc) is 2.90. The van der Waals surface area contributed by atoms with Crippen LogP contribution in [0.25, 0.3) is 0 Å². The molecule has 0 spiro atoms. The number of hydrogen-bond donors (Lipinski definition) is 2. The zero-order chi connectivity index (χ0) is 14.4. The third-order valence-corrected chi connectivity index (χ3v) is 2.91. The minimum absolute atomic E-state index is 0.212. The maximum atomic E-state index is 9.97. The summed E-state index contributed by atoms with van der Waals surface area (Å²) in [6.07, 6.45) is 2.76. The van der Waals surface area contributed by atoms with Crippen LogP contribution < -0.4 is 10.5 Å². The van der Waals surface area contributed by atoms with Gasteiger partial charge in [-0.1, -0.05) is 12.1 Å². The van der Waals surface area contributed by atoms with Crippen LogP contribution in [0.15, 0.2) is 47.3 Å². The molecule has 1 aromatic heterocycles. The standard InChI is InChI=1S/C15H20N2O3/c1-17(8-12-6-7-19-10-12)9-13(18)11-20-15-5-3-2-4-14(15)16/h2-7,10,13,18H,8-9,11,16H2,1H3. The van der Waals surface area contributed by atoms with E-state index in [9.17, 15) is 5.11 Å². The minimum atomic E-state index is -0.577. The van der Waals surface area contributed by atoms with Crippen LogP contribution in [0.3, 0.4) is 0 Å². The van der Waals surface area contributed by atoms with Crippen molar-refractivity contribution in [3.63, 3.8) is 0 Å². The second kappa shape index (κ2) is 6.98.